The van der Waals surface area contributed by atoms with E-state index in [1.807, 2.05) is 31.2 Å². The van der Waals surface area contributed by atoms with Gasteiger partial charge in [-0.15, -0.1) is 0 Å². The van der Waals surface area contributed by atoms with E-state index in [4.69, 9.17) is 0 Å². The summed E-state index contributed by atoms with van der Waals surface area (Å²) in [5.41, 5.74) is 2.64. The molecule has 0 bridgehead atoms. The van der Waals surface area contributed by atoms with E-state index in [2.05, 4.69) is 6.58 Å². The van der Waals surface area contributed by atoms with Gasteiger partial charge in [0, 0.05) is 29.7 Å². The lowest BCUT2D eigenvalue weighted by atomic mass is 10.1. The van der Waals surface area contributed by atoms with E-state index in [-0.39, 0.29) is 11.7 Å². The second-order valence-corrected chi connectivity index (χ2v) is 5.40. The SMILES string of the molecule is C=C(C)c1ccccc1N(C)C(=O)CS(C)=O. The van der Waals surface area contributed by atoms with Crippen molar-refractivity contribution in [3.05, 3.63) is 36.4 Å². The lowest BCUT2D eigenvalue weighted by molar-refractivity contribution is -0.115. The largest absolute Gasteiger partial charge is 0.314 e. The fourth-order valence-electron chi connectivity index (χ4n) is 1.53. The van der Waals surface area contributed by atoms with Crippen molar-refractivity contribution in [3.63, 3.8) is 0 Å². The van der Waals surface area contributed by atoms with E-state index in [1.165, 1.54) is 11.2 Å². The van der Waals surface area contributed by atoms with Crippen molar-refractivity contribution in [2.75, 3.05) is 24.0 Å². The van der Waals surface area contributed by atoms with Crippen LogP contribution >= 0.6 is 0 Å². The van der Waals surface area contributed by atoms with Crippen molar-refractivity contribution < 1.29 is 9.00 Å². The first-order chi connectivity index (χ1) is 7.93. The first kappa shape index (κ1) is 13.6. The Morgan fingerprint density at radius 2 is 2.00 bits per heavy atom. The monoisotopic (exact) mass is 251 g/mol. The van der Waals surface area contributed by atoms with Gasteiger partial charge in [0.2, 0.25) is 5.91 Å². The quantitative estimate of drug-likeness (QED) is 0.821. The summed E-state index contributed by atoms with van der Waals surface area (Å²) in [6, 6.07) is 7.56. The normalized spacial score (nSPS) is 11.9. The molecule has 17 heavy (non-hydrogen) atoms. The fraction of sp³-hybridized carbons (Fsp3) is 0.308. The Balaban J connectivity index is 3.03. The van der Waals surface area contributed by atoms with Crippen molar-refractivity contribution in [1.29, 1.82) is 0 Å². The van der Waals surface area contributed by atoms with Crippen LogP contribution in [0.5, 0.6) is 0 Å². The van der Waals surface area contributed by atoms with Gasteiger partial charge < -0.3 is 4.90 Å². The molecule has 0 N–H and O–H groups in total. The number of allylic oxidation sites excluding steroid dienone is 1. The number of anilines is 1. The summed E-state index contributed by atoms with van der Waals surface area (Å²) in [5.74, 6) is -0.111. The summed E-state index contributed by atoms with van der Waals surface area (Å²) >= 11 is 0. The van der Waals surface area contributed by atoms with Crippen LogP contribution in [0.15, 0.2) is 30.8 Å². The maximum Gasteiger partial charge on any atom is 0.239 e. The smallest absolute Gasteiger partial charge is 0.239 e. The summed E-state index contributed by atoms with van der Waals surface area (Å²) in [5, 5.41) is 0. The van der Waals surface area contributed by atoms with E-state index < -0.39 is 10.8 Å². The van der Waals surface area contributed by atoms with Crippen LogP contribution in [-0.2, 0) is 15.6 Å². The van der Waals surface area contributed by atoms with Gasteiger partial charge in [0.25, 0.3) is 0 Å². The topological polar surface area (TPSA) is 37.4 Å². The molecule has 1 unspecified atom stereocenters. The second kappa shape index (κ2) is 5.77. The average molecular weight is 251 g/mol. The third-order valence-electron chi connectivity index (χ3n) is 2.43. The molecule has 0 aliphatic heterocycles. The van der Waals surface area contributed by atoms with Crippen molar-refractivity contribution in [2.24, 2.45) is 0 Å². The number of carbonyl (C=O) groups excluding carboxylic acids is 1. The number of para-hydroxylation sites is 1. The van der Waals surface area contributed by atoms with Gasteiger partial charge in [0.15, 0.2) is 0 Å². The standard InChI is InChI=1S/C13H17NO2S/c1-10(2)11-7-5-6-8-12(11)14(3)13(15)9-17(4)16/h5-8H,1,9H2,2-4H3. The molecular weight excluding hydrogens is 234 g/mol. The van der Waals surface area contributed by atoms with Crippen molar-refractivity contribution in [2.45, 2.75) is 6.92 Å². The van der Waals surface area contributed by atoms with Crippen LogP contribution in [0.25, 0.3) is 5.57 Å². The Labute approximate surface area is 105 Å². The zero-order valence-corrected chi connectivity index (χ0v) is 11.2. The van der Waals surface area contributed by atoms with Crippen LogP contribution in [0.3, 0.4) is 0 Å². The van der Waals surface area contributed by atoms with Gasteiger partial charge >= 0.3 is 0 Å². The Kier molecular flexibility index (Phi) is 4.63. The molecule has 1 amide bonds. The van der Waals surface area contributed by atoms with Crippen LogP contribution in [0, 0.1) is 0 Å². The molecule has 0 radical (unpaired) electrons. The van der Waals surface area contributed by atoms with Crippen LogP contribution in [0.2, 0.25) is 0 Å². The third kappa shape index (κ3) is 3.53. The van der Waals surface area contributed by atoms with E-state index in [0.717, 1.165) is 16.8 Å². The van der Waals surface area contributed by atoms with Gasteiger partial charge in [0.1, 0.15) is 5.75 Å². The number of amides is 1. The van der Waals surface area contributed by atoms with Gasteiger partial charge in [-0.05, 0) is 18.6 Å². The van der Waals surface area contributed by atoms with Gasteiger partial charge in [-0.1, -0.05) is 24.8 Å². The van der Waals surface area contributed by atoms with Crippen molar-refractivity contribution in [3.8, 4) is 0 Å². The molecule has 0 aliphatic rings. The summed E-state index contributed by atoms with van der Waals surface area (Å²) in [7, 11) is 0.570. The molecule has 0 aromatic heterocycles. The van der Waals surface area contributed by atoms with Crippen molar-refractivity contribution in [1.82, 2.24) is 0 Å². The number of benzene rings is 1. The minimum absolute atomic E-state index is 0.0427. The molecule has 1 rings (SSSR count). The minimum atomic E-state index is -1.12. The second-order valence-electron chi connectivity index (χ2n) is 3.97. The highest BCUT2D eigenvalue weighted by Crippen LogP contribution is 2.25. The predicted molar refractivity (Wildman–Crippen MR) is 73.5 cm³/mol. The van der Waals surface area contributed by atoms with Crippen LogP contribution in [0.4, 0.5) is 5.69 Å². The Morgan fingerprint density at radius 1 is 1.41 bits per heavy atom. The fourth-order valence-corrected chi connectivity index (χ4v) is 2.07. The Morgan fingerprint density at radius 3 is 2.53 bits per heavy atom. The average Bonchev–Trinajstić information content (AvgIpc) is 2.27. The number of hydrogen-bond donors (Lipinski definition) is 0. The van der Waals surface area contributed by atoms with Crippen molar-refractivity contribution >= 4 is 28.0 Å². The maximum absolute atomic E-state index is 11.8. The highest BCUT2D eigenvalue weighted by Gasteiger charge is 2.15. The maximum atomic E-state index is 11.8. The van der Waals surface area contributed by atoms with E-state index >= 15 is 0 Å². The zero-order valence-electron chi connectivity index (χ0n) is 10.4. The molecule has 0 fully saturated rings. The van der Waals surface area contributed by atoms with E-state index in [1.54, 1.807) is 7.05 Å². The molecule has 3 nitrogen and oxygen atoms in total. The summed E-state index contributed by atoms with van der Waals surface area (Å²) in [4.78, 5) is 13.4. The molecule has 1 atom stereocenters. The molecule has 0 heterocycles. The molecule has 0 saturated heterocycles. The van der Waals surface area contributed by atoms with Gasteiger partial charge in [0.05, 0.1) is 5.69 Å². The molecule has 0 spiro atoms. The number of hydrogen-bond acceptors (Lipinski definition) is 2. The summed E-state index contributed by atoms with van der Waals surface area (Å²) < 4.78 is 11.1. The molecule has 0 aliphatic carbocycles. The summed E-state index contributed by atoms with van der Waals surface area (Å²) in [6.07, 6.45) is 1.52. The van der Waals surface area contributed by atoms with E-state index in [9.17, 15) is 9.00 Å². The highest BCUT2D eigenvalue weighted by molar-refractivity contribution is 7.85. The van der Waals surface area contributed by atoms with E-state index in [0.29, 0.717) is 0 Å². The molecule has 4 heteroatoms. The molecule has 92 valence electrons. The van der Waals surface area contributed by atoms with Gasteiger partial charge in [-0.25, -0.2) is 0 Å². The molecular formula is C13H17NO2S. The number of carbonyl (C=O) groups is 1. The predicted octanol–water partition coefficient (Wildman–Crippen LogP) is 2.06. The third-order valence-corrected chi connectivity index (χ3v) is 3.08. The minimum Gasteiger partial charge on any atom is -0.314 e. The number of rotatable bonds is 4. The molecule has 0 saturated carbocycles. The van der Waals surface area contributed by atoms with Gasteiger partial charge in [-0.3, -0.25) is 9.00 Å². The zero-order chi connectivity index (χ0) is 13.0. The van der Waals surface area contributed by atoms with Gasteiger partial charge in [-0.2, -0.15) is 0 Å². The summed E-state index contributed by atoms with van der Waals surface area (Å²) in [6.45, 7) is 5.79. The highest BCUT2D eigenvalue weighted by atomic mass is 32.2. The lowest BCUT2D eigenvalue weighted by Crippen LogP contribution is -2.31. The van der Waals surface area contributed by atoms with Crippen LogP contribution < -0.4 is 4.90 Å². The first-order valence-corrected chi connectivity index (χ1v) is 6.97. The number of nitrogens with zero attached hydrogens (tertiary/aromatic N) is 1. The first-order valence-electron chi connectivity index (χ1n) is 5.25. The van der Waals surface area contributed by atoms with Crippen LogP contribution in [-0.4, -0.2) is 29.2 Å². The Hall–Kier alpha value is -1.42. The van der Waals surface area contributed by atoms with Crippen LogP contribution in [0.1, 0.15) is 12.5 Å². The molecule has 1 aromatic rings. The lowest BCUT2D eigenvalue weighted by Gasteiger charge is -2.20. The molecule has 1 aromatic carbocycles. The Bertz CT molecular complexity index is 468.